The van der Waals surface area contributed by atoms with E-state index in [0.717, 1.165) is 43.1 Å². The zero-order valence-electron chi connectivity index (χ0n) is 15.1. The lowest BCUT2D eigenvalue weighted by Crippen LogP contribution is -2.50. The monoisotopic (exact) mass is 316 g/mol. The Bertz CT molecular complexity index is 536. The van der Waals surface area contributed by atoms with Crippen LogP contribution in [0.4, 0.5) is 0 Å². The van der Waals surface area contributed by atoms with Gasteiger partial charge in [0.25, 0.3) is 0 Å². The predicted octanol–water partition coefficient (Wildman–Crippen LogP) is 4.78. The van der Waals surface area contributed by atoms with Crippen molar-refractivity contribution in [2.45, 2.75) is 65.2 Å². The number of methoxy groups -OCH3 is 1. The van der Waals surface area contributed by atoms with Crippen molar-refractivity contribution >= 4 is 5.78 Å². The molecule has 0 bridgehead atoms. The van der Waals surface area contributed by atoms with Crippen LogP contribution in [0.2, 0.25) is 0 Å². The molecule has 3 fully saturated rings. The molecule has 6 atom stereocenters. The number of ketones is 1. The molecule has 0 saturated heterocycles. The number of hydrogen-bond acceptors (Lipinski definition) is 2. The van der Waals surface area contributed by atoms with Gasteiger partial charge in [-0.3, -0.25) is 4.79 Å². The largest absolute Gasteiger partial charge is 0.384 e. The lowest BCUT2D eigenvalue weighted by molar-refractivity contribution is -0.117. The summed E-state index contributed by atoms with van der Waals surface area (Å²) in [4.78, 5) is 11.9. The molecule has 23 heavy (non-hydrogen) atoms. The molecule has 1 unspecified atom stereocenters. The van der Waals surface area contributed by atoms with Crippen molar-refractivity contribution in [2.24, 2.45) is 34.5 Å². The molecule has 4 aliphatic rings. The van der Waals surface area contributed by atoms with Crippen LogP contribution in [0.1, 0.15) is 65.2 Å². The van der Waals surface area contributed by atoms with Crippen molar-refractivity contribution in [2.75, 3.05) is 13.7 Å². The molecule has 0 aromatic rings. The fraction of sp³-hybridized carbons (Fsp3) is 0.857. The van der Waals surface area contributed by atoms with E-state index >= 15 is 0 Å². The van der Waals surface area contributed by atoms with Crippen LogP contribution in [-0.4, -0.2) is 19.5 Å². The van der Waals surface area contributed by atoms with Crippen LogP contribution in [0.3, 0.4) is 0 Å². The number of carbonyl (C=O) groups excluding carboxylic acids is 1. The van der Waals surface area contributed by atoms with E-state index in [0.29, 0.717) is 16.6 Å². The van der Waals surface area contributed by atoms with Crippen LogP contribution in [0.5, 0.6) is 0 Å². The summed E-state index contributed by atoms with van der Waals surface area (Å²) in [6, 6.07) is 0. The van der Waals surface area contributed by atoms with Crippen LogP contribution >= 0.6 is 0 Å². The first-order valence-electron chi connectivity index (χ1n) is 9.72. The van der Waals surface area contributed by atoms with Crippen molar-refractivity contribution in [3.05, 3.63) is 11.6 Å². The van der Waals surface area contributed by atoms with Gasteiger partial charge in [-0.05, 0) is 85.5 Å². The summed E-state index contributed by atoms with van der Waals surface area (Å²) in [7, 11) is 1.86. The Labute approximate surface area is 141 Å². The fourth-order valence-corrected chi connectivity index (χ4v) is 7.14. The Kier molecular flexibility index (Phi) is 3.75. The summed E-state index contributed by atoms with van der Waals surface area (Å²) >= 11 is 0. The van der Waals surface area contributed by atoms with Crippen molar-refractivity contribution in [1.29, 1.82) is 0 Å². The highest BCUT2D eigenvalue weighted by Gasteiger charge is 2.58. The number of ether oxygens (including phenoxy) is 1. The molecule has 2 nitrogen and oxygen atoms in total. The second-order valence-electron chi connectivity index (χ2n) is 9.24. The van der Waals surface area contributed by atoms with Gasteiger partial charge < -0.3 is 4.74 Å². The molecule has 0 aromatic carbocycles. The van der Waals surface area contributed by atoms with Gasteiger partial charge in [0.15, 0.2) is 5.78 Å². The van der Waals surface area contributed by atoms with Gasteiger partial charge in [0.2, 0.25) is 0 Å². The summed E-state index contributed by atoms with van der Waals surface area (Å²) in [6.45, 7) is 5.98. The highest BCUT2D eigenvalue weighted by atomic mass is 16.5. The molecule has 128 valence electrons. The van der Waals surface area contributed by atoms with Crippen molar-refractivity contribution in [1.82, 2.24) is 0 Å². The molecule has 2 heteroatoms. The van der Waals surface area contributed by atoms with Crippen molar-refractivity contribution < 1.29 is 9.53 Å². The Balaban J connectivity index is 1.63. The summed E-state index contributed by atoms with van der Waals surface area (Å²) in [6.07, 6.45) is 11.9. The lowest BCUT2D eigenvalue weighted by atomic mass is 9.47. The average molecular weight is 316 g/mol. The van der Waals surface area contributed by atoms with E-state index in [4.69, 9.17) is 4.74 Å². The first kappa shape index (κ1) is 15.9. The highest BCUT2D eigenvalue weighted by molar-refractivity contribution is 5.91. The quantitative estimate of drug-likeness (QED) is 0.733. The minimum atomic E-state index is 0.317. The molecule has 0 amide bonds. The smallest absolute Gasteiger partial charge is 0.155 e. The van der Waals surface area contributed by atoms with Gasteiger partial charge in [-0.25, -0.2) is 0 Å². The average Bonchev–Trinajstić information content (AvgIpc) is 2.85. The molecule has 0 spiro atoms. The van der Waals surface area contributed by atoms with E-state index in [2.05, 4.69) is 13.8 Å². The molecular formula is C21H32O2. The van der Waals surface area contributed by atoms with E-state index in [-0.39, 0.29) is 0 Å². The highest BCUT2D eigenvalue weighted by Crippen LogP contribution is 2.66. The number of fused-ring (bicyclic) bond motifs is 5. The lowest BCUT2D eigenvalue weighted by Gasteiger charge is -2.58. The summed E-state index contributed by atoms with van der Waals surface area (Å²) in [5.74, 6) is 3.71. The molecule has 0 radical (unpaired) electrons. The first-order valence-corrected chi connectivity index (χ1v) is 9.72. The normalized spacial score (nSPS) is 49.2. The molecule has 4 aliphatic carbocycles. The molecule has 0 aliphatic heterocycles. The van der Waals surface area contributed by atoms with E-state index in [1.807, 2.05) is 13.2 Å². The number of rotatable bonds is 2. The second-order valence-corrected chi connectivity index (χ2v) is 9.24. The van der Waals surface area contributed by atoms with Gasteiger partial charge in [-0.2, -0.15) is 0 Å². The van der Waals surface area contributed by atoms with Gasteiger partial charge in [-0.1, -0.05) is 19.4 Å². The third kappa shape index (κ3) is 2.20. The Hall–Kier alpha value is -0.630. The Morgan fingerprint density at radius 1 is 1.09 bits per heavy atom. The SMILES string of the molecule is COCC1CC[C@H]2[C@@H]3CCC4=CC(=O)CC[C@]4(C)[C@@H]3CC[C@]12C. The molecular weight excluding hydrogens is 284 g/mol. The first-order chi connectivity index (χ1) is 11.0. The van der Waals surface area contributed by atoms with Crippen LogP contribution in [-0.2, 0) is 9.53 Å². The maximum Gasteiger partial charge on any atom is 0.155 e. The summed E-state index contributed by atoms with van der Waals surface area (Å²) < 4.78 is 5.55. The molecule has 0 N–H and O–H groups in total. The van der Waals surface area contributed by atoms with Crippen molar-refractivity contribution in [3.8, 4) is 0 Å². The second kappa shape index (κ2) is 5.44. The minimum Gasteiger partial charge on any atom is -0.384 e. The van der Waals surface area contributed by atoms with Crippen LogP contribution in [0, 0.1) is 34.5 Å². The molecule has 0 heterocycles. The van der Waals surface area contributed by atoms with Crippen LogP contribution < -0.4 is 0 Å². The van der Waals surface area contributed by atoms with Gasteiger partial charge in [0.05, 0.1) is 0 Å². The van der Waals surface area contributed by atoms with E-state index in [1.165, 1.54) is 44.1 Å². The van der Waals surface area contributed by atoms with E-state index < -0.39 is 0 Å². The molecule has 4 rings (SSSR count). The number of carbonyl (C=O) groups is 1. The zero-order chi connectivity index (χ0) is 16.2. The van der Waals surface area contributed by atoms with Gasteiger partial charge in [-0.15, -0.1) is 0 Å². The maximum absolute atomic E-state index is 11.9. The van der Waals surface area contributed by atoms with Gasteiger partial charge in [0.1, 0.15) is 0 Å². The maximum atomic E-state index is 11.9. The standard InChI is InChI=1S/C21H32O2/c1-20-10-8-16(22)12-14(20)4-6-17-18-7-5-15(13-23-3)21(18,2)11-9-19(17)20/h12,15,17-19H,4-11,13H2,1-3H3/t15?,17-,18-,19+,20-,21+/m0/s1. The van der Waals surface area contributed by atoms with E-state index in [9.17, 15) is 4.79 Å². The predicted molar refractivity (Wildman–Crippen MR) is 92.1 cm³/mol. The van der Waals surface area contributed by atoms with Crippen molar-refractivity contribution in [3.63, 3.8) is 0 Å². The van der Waals surface area contributed by atoms with Crippen LogP contribution in [0.25, 0.3) is 0 Å². The Morgan fingerprint density at radius 2 is 1.91 bits per heavy atom. The van der Waals surface area contributed by atoms with Gasteiger partial charge in [0, 0.05) is 20.1 Å². The number of hydrogen-bond donors (Lipinski definition) is 0. The molecule has 0 aromatic heterocycles. The third-order valence-corrected chi connectivity index (χ3v) is 8.53. The van der Waals surface area contributed by atoms with Crippen LogP contribution in [0.15, 0.2) is 11.6 Å². The third-order valence-electron chi connectivity index (χ3n) is 8.53. The minimum absolute atomic E-state index is 0.317. The molecule has 3 saturated carbocycles. The summed E-state index contributed by atoms with van der Waals surface area (Å²) in [5, 5.41) is 0. The Morgan fingerprint density at radius 3 is 2.70 bits per heavy atom. The topological polar surface area (TPSA) is 26.3 Å². The van der Waals surface area contributed by atoms with E-state index in [1.54, 1.807) is 0 Å². The number of allylic oxidation sites excluding steroid dienone is 1. The fourth-order valence-electron chi connectivity index (χ4n) is 7.14. The summed E-state index contributed by atoms with van der Waals surface area (Å²) in [5.41, 5.74) is 2.31. The zero-order valence-corrected chi connectivity index (χ0v) is 15.1. The van der Waals surface area contributed by atoms with Gasteiger partial charge >= 0.3 is 0 Å².